The second kappa shape index (κ2) is 7.12. The number of aliphatic carboxylic acids is 1. The number of nitrogens with one attached hydrogen (secondary N) is 1. The monoisotopic (exact) mass is 281 g/mol. The molecule has 0 spiro atoms. The normalized spacial score (nSPS) is 21.7. The fourth-order valence-electron chi connectivity index (χ4n) is 2.62. The van der Waals surface area contributed by atoms with Gasteiger partial charge in [-0.05, 0) is 25.7 Å². The zero-order chi connectivity index (χ0) is 14.5. The maximum atomic E-state index is 12.5. The molecule has 2 N–H and O–H groups in total. The van der Waals surface area contributed by atoms with Crippen LogP contribution in [-0.4, -0.2) is 29.8 Å². The first-order valence-corrected chi connectivity index (χ1v) is 6.85. The Morgan fingerprint density at radius 1 is 1.26 bits per heavy atom. The van der Waals surface area contributed by atoms with Crippen molar-refractivity contribution in [1.29, 1.82) is 0 Å². The van der Waals surface area contributed by atoms with Crippen LogP contribution in [0.15, 0.2) is 0 Å². The van der Waals surface area contributed by atoms with Crippen LogP contribution >= 0.6 is 0 Å². The first-order chi connectivity index (χ1) is 8.82. The van der Waals surface area contributed by atoms with Crippen molar-refractivity contribution < 1.29 is 23.1 Å². The molecule has 0 bridgehead atoms. The quantitative estimate of drug-likeness (QED) is 0.761. The molecule has 1 unspecified atom stereocenters. The molecule has 6 heteroatoms. The Morgan fingerprint density at radius 3 is 2.21 bits per heavy atom. The molecule has 112 valence electrons. The summed E-state index contributed by atoms with van der Waals surface area (Å²) in [7, 11) is 0. The largest absolute Gasteiger partial charge is 0.481 e. The Morgan fingerprint density at radius 2 is 1.79 bits per heavy atom. The fourth-order valence-corrected chi connectivity index (χ4v) is 2.62. The molecule has 1 fully saturated rings. The summed E-state index contributed by atoms with van der Waals surface area (Å²) >= 11 is 0. The number of rotatable bonds is 5. The van der Waals surface area contributed by atoms with Gasteiger partial charge in [0.25, 0.3) is 0 Å². The maximum Gasteiger partial charge on any atom is 0.403 e. The molecule has 19 heavy (non-hydrogen) atoms. The van der Waals surface area contributed by atoms with E-state index in [0.29, 0.717) is 5.92 Å². The number of alkyl halides is 3. The molecule has 1 aliphatic carbocycles. The number of carboxylic acid groups (broad SMARTS) is 1. The van der Waals surface area contributed by atoms with Crippen molar-refractivity contribution in [2.24, 2.45) is 11.8 Å². The van der Waals surface area contributed by atoms with Gasteiger partial charge in [0.05, 0.1) is 0 Å². The Kier molecular flexibility index (Phi) is 6.10. The zero-order valence-corrected chi connectivity index (χ0v) is 11.2. The first kappa shape index (κ1) is 16.3. The summed E-state index contributed by atoms with van der Waals surface area (Å²) in [5, 5.41) is 11.4. The number of hydrogen-bond acceptors (Lipinski definition) is 2. The van der Waals surface area contributed by atoms with Gasteiger partial charge in [0.2, 0.25) is 0 Å². The first-order valence-electron chi connectivity index (χ1n) is 6.85. The third-order valence-electron chi connectivity index (χ3n) is 3.94. The van der Waals surface area contributed by atoms with Crippen LogP contribution in [0.2, 0.25) is 0 Å². The van der Waals surface area contributed by atoms with Gasteiger partial charge in [-0.3, -0.25) is 4.79 Å². The second-order valence-corrected chi connectivity index (χ2v) is 5.38. The number of carboxylic acids is 1. The summed E-state index contributed by atoms with van der Waals surface area (Å²) in [6.45, 7) is 1.31. The number of hydrogen-bond donors (Lipinski definition) is 2. The summed E-state index contributed by atoms with van der Waals surface area (Å²) in [5.74, 6) is -3.78. The molecule has 3 nitrogen and oxygen atoms in total. The molecule has 1 aliphatic rings. The molecule has 0 amide bonds. The van der Waals surface area contributed by atoms with Gasteiger partial charge in [0.15, 0.2) is 5.92 Å². The van der Waals surface area contributed by atoms with Gasteiger partial charge in [-0.1, -0.05) is 25.7 Å². The minimum Gasteiger partial charge on any atom is -0.481 e. The number of halogens is 3. The Balaban J connectivity index is 2.46. The van der Waals surface area contributed by atoms with Gasteiger partial charge in [0.1, 0.15) is 0 Å². The van der Waals surface area contributed by atoms with Crippen LogP contribution in [0.25, 0.3) is 0 Å². The van der Waals surface area contributed by atoms with Gasteiger partial charge in [-0.2, -0.15) is 13.2 Å². The molecule has 1 saturated carbocycles. The van der Waals surface area contributed by atoms with Crippen LogP contribution in [0, 0.1) is 11.8 Å². The van der Waals surface area contributed by atoms with Crippen molar-refractivity contribution in [3.63, 3.8) is 0 Å². The van der Waals surface area contributed by atoms with E-state index in [2.05, 4.69) is 5.32 Å². The molecular formula is C13H22F3NO2. The maximum absolute atomic E-state index is 12.5. The van der Waals surface area contributed by atoms with E-state index < -0.39 is 24.6 Å². The SMILES string of the molecule is C[C@H](NCC(C(=O)O)C(F)(F)F)C1CCCCCC1. The molecule has 1 rings (SSSR count). The fraction of sp³-hybridized carbons (Fsp3) is 0.923. The summed E-state index contributed by atoms with van der Waals surface area (Å²) in [5.41, 5.74) is 0. The minimum absolute atomic E-state index is 0.0673. The van der Waals surface area contributed by atoms with Gasteiger partial charge in [-0.15, -0.1) is 0 Å². The van der Waals surface area contributed by atoms with Crippen LogP contribution in [-0.2, 0) is 4.79 Å². The van der Waals surface area contributed by atoms with E-state index in [1.807, 2.05) is 6.92 Å². The lowest BCUT2D eigenvalue weighted by molar-refractivity contribution is -0.192. The molecule has 2 atom stereocenters. The average molecular weight is 281 g/mol. The predicted molar refractivity (Wildman–Crippen MR) is 65.8 cm³/mol. The Labute approximate surface area is 111 Å². The van der Waals surface area contributed by atoms with Gasteiger partial charge >= 0.3 is 12.1 Å². The zero-order valence-electron chi connectivity index (χ0n) is 11.2. The lowest BCUT2D eigenvalue weighted by atomic mass is 9.92. The van der Waals surface area contributed by atoms with Crippen LogP contribution in [0.3, 0.4) is 0 Å². The molecule has 0 aromatic rings. The standard InChI is InChI=1S/C13H22F3NO2/c1-9(10-6-4-2-3-5-7-10)17-8-11(12(18)19)13(14,15)16/h9-11,17H,2-8H2,1H3,(H,18,19)/t9-,11?/m0/s1. The van der Waals surface area contributed by atoms with Crippen LogP contribution in [0.5, 0.6) is 0 Å². The molecule has 0 aromatic carbocycles. The highest BCUT2D eigenvalue weighted by Crippen LogP contribution is 2.28. The van der Waals surface area contributed by atoms with E-state index >= 15 is 0 Å². The molecule has 0 saturated heterocycles. The Hall–Kier alpha value is -0.780. The molecule has 0 heterocycles. The Bertz CT molecular complexity index is 286. The average Bonchev–Trinajstić information content (AvgIpc) is 2.54. The van der Waals surface area contributed by atoms with Crippen molar-refractivity contribution in [2.75, 3.05) is 6.54 Å². The third kappa shape index (κ3) is 5.38. The molecule has 0 radical (unpaired) electrons. The van der Waals surface area contributed by atoms with Crippen molar-refractivity contribution in [1.82, 2.24) is 5.32 Å². The summed E-state index contributed by atoms with van der Waals surface area (Å²) < 4.78 is 37.5. The van der Waals surface area contributed by atoms with Crippen LogP contribution < -0.4 is 5.32 Å². The van der Waals surface area contributed by atoms with Crippen LogP contribution in [0.4, 0.5) is 13.2 Å². The highest BCUT2D eigenvalue weighted by molar-refractivity contribution is 5.71. The molecular weight excluding hydrogens is 259 g/mol. The van der Waals surface area contributed by atoms with E-state index in [4.69, 9.17) is 5.11 Å². The van der Waals surface area contributed by atoms with Crippen molar-refractivity contribution >= 4 is 5.97 Å². The second-order valence-electron chi connectivity index (χ2n) is 5.38. The lowest BCUT2D eigenvalue weighted by Gasteiger charge is -2.26. The van der Waals surface area contributed by atoms with Crippen LogP contribution in [0.1, 0.15) is 45.4 Å². The topological polar surface area (TPSA) is 49.3 Å². The van der Waals surface area contributed by atoms with Gasteiger partial charge in [-0.25, -0.2) is 0 Å². The number of carbonyl (C=O) groups is 1. The summed E-state index contributed by atoms with van der Waals surface area (Å²) in [6, 6.07) is -0.0673. The van der Waals surface area contributed by atoms with E-state index in [1.165, 1.54) is 12.8 Å². The highest BCUT2D eigenvalue weighted by Gasteiger charge is 2.45. The van der Waals surface area contributed by atoms with Crippen molar-refractivity contribution in [3.05, 3.63) is 0 Å². The molecule has 0 aliphatic heterocycles. The van der Waals surface area contributed by atoms with E-state index in [1.54, 1.807) is 0 Å². The van der Waals surface area contributed by atoms with E-state index in [9.17, 15) is 18.0 Å². The highest BCUT2D eigenvalue weighted by atomic mass is 19.4. The summed E-state index contributed by atoms with van der Waals surface area (Å²) in [6.07, 6.45) is 1.92. The van der Waals surface area contributed by atoms with E-state index in [-0.39, 0.29) is 6.04 Å². The molecule has 0 aromatic heterocycles. The predicted octanol–water partition coefficient (Wildman–Crippen LogP) is 3.20. The third-order valence-corrected chi connectivity index (χ3v) is 3.94. The van der Waals surface area contributed by atoms with Gasteiger partial charge < -0.3 is 10.4 Å². The van der Waals surface area contributed by atoms with Gasteiger partial charge in [0, 0.05) is 12.6 Å². The van der Waals surface area contributed by atoms with E-state index in [0.717, 1.165) is 25.7 Å². The lowest BCUT2D eigenvalue weighted by Crippen LogP contribution is -2.44. The summed E-state index contributed by atoms with van der Waals surface area (Å²) in [4.78, 5) is 10.6. The minimum atomic E-state index is -4.69. The van der Waals surface area contributed by atoms with Crippen molar-refractivity contribution in [3.8, 4) is 0 Å². The van der Waals surface area contributed by atoms with Crippen molar-refractivity contribution in [2.45, 2.75) is 57.7 Å². The smallest absolute Gasteiger partial charge is 0.403 e.